The first-order valence-electron chi connectivity index (χ1n) is 5.20. The van der Waals surface area contributed by atoms with E-state index in [0.717, 1.165) is 0 Å². The quantitative estimate of drug-likeness (QED) is 0.761. The fourth-order valence-electron chi connectivity index (χ4n) is 1.06. The number of hydrogen-bond acceptors (Lipinski definition) is 3. The van der Waals surface area contributed by atoms with Gasteiger partial charge in [-0.25, -0.2) is 0 Å². The Morgan fingerprint density at radius 1 is 1.31 bits per heavy atom. The summed E-state index contributed by atoms with van der Waals surface area (Å²) in [6, 6.07) is 3.60. The molecular formula is C11H16N2O2S. The number of carbonyl (C=O) groups is 2. The van der Waals surface area contributed by atoms with Gasteiger partial charge in [0.15, 0.2) is 0 Å². The molecule has 0 saturated heterocycles. The smallest absolute Gasteiger partial charge is 0.261 e. The van der Waals surface area contributed by atoms with Gasteiger partial charge in [-0.3, -0.25) is 9.59 Å². The summed E-state index contributed by atoms with van der Waals surface area (Å²) < 4.78 is 0. The maximum absolute atomic E-state index is 11.5. The SMILES string of the molecule is CC(C)C(=O)NCCNC(=O)c1cccs1. The molecule has 0 spiro atoms. The van der Waals surface area contributed by atoms with Crippen LogP contribution in [0.2, 0.25) is 0 Å². The van der Waals surface area contributed by atoms with Crippen LogP contribution < -0.4 is 10.6 Å². The van der Waals surface area contributed by atoms with Gasteiger partial charge in [0.2, 0.25) is 5.91 Å². The molecule has 0 fully saturated rings. The molecule has 0 aromatic carbocycles. The van der Waals surface area contributed by atoms with Crippen LogP contribution in [0.15, 0.2) is 17.5 Å². The highest BCUT2D eigenvalue weighted by atomic mass is 32.1. The Hall–Kier alpha value is -1.36. The van der Waals surface area contributed by atoms with Crippen LogP contribution in [0.5, 0.6) is 0 Å². The predicted molar refractivity (Wildman–Crippen MR) is 64.5 cm³/mol. The van der Waals surface area contributed by atoms with E-state index in [4.69, 9.17) is 0 Å². The third-order valence-corrected chi connectivity index (χ3v) is 2.85. The number of hydrogen-bond donors (Lipinski definition) is 2. The fourth-order valence-corrected chi connectivity index (χ4v) is 1.70. The zero-order chi connectivity index (χ0) is 12.0. The molecule has 0 unspecified atom stereocenters. The molecule has 0 aliphatic carbocycles. The average Bonchev–Trinajstić information content (AvgIpc) is 2.76. The summed E-state index contributed by atoms with van der Waals surface area (Å²) in [5.41, 5.74) is 0. The van der Waals surface area contributed by atoms with Gasteiger partial charge in [0.1, 0.15) is 0 Å². The molecule has 5 heteroatoms. The highest BCUT2D eigenvalue weighted by Crippen LogP contribution is 2.07. The summed E-state index contributed by atoms with van der Waals surface area (Å²) in [5.74, 6) is -0.104. The Morgan fingerprint density at radius 2 is 2.00 bits per heavy atom. The van der Waals surface area contributed by atoms with E-state index in [-0.39, 0.29) is 17.7 Å². The van der Waals surface area contributed by atoms with E-state index in [2.05, 4.69) is 10.6 Å². The maximum Gasteiger partial charge on any atom is 0.261 e. The van der Waals surface area contributed by atoms with Crippen LogP contribution in [-0.2, 0) is 4.79 Å². The minimum atomic E-state index is -0.0891. The zero-order valence-electron chi connectivity index (χ0n) is 9.45. The minimum absolute atomic E-state index is 0.00497. The molecule has 16 heavy (non-hydrogen) atoms. The first kappa shape index (κ1) is 12.7. The largest absolute Gasteiger partial charge is 0.354 e. The van der Waals surface area contributed by atoms with Gasteiger partial charge in [-0.1, -0.05) is 19.9 Å². The van der Waals surface area contributed by atoms with E-state index < -0.39 is 0 Å². The molecule has 0 saturated carbocycles. The molecule has 0 atom stereocenters. The van der Waals surface area contributed by atoms with Gasteiger partial charge in [-0.15, -0.1) is 11.3 Å². The van der Waals surface area contributed by atoms with Crippen molar-refractivity contribution < 1.29 is 9.59 Å². The van der Waals surface area contributed by atoms with Crippen molar-refractivity contribution in [1.82, 2.24) is 10.6 Å². The van der Waals surface area contributed by atoms with Gasteiger partial charge in [0.25, 0.3) is 5.91 Å². The third-order valence-electron chi connectivity index (χ3n) is 1.98. The Bertz CT molecular complexity index is 347. The number of amides is 2. The van der Waals surface area contributed by atoms with Crippen molar-refractivity contribution in [3.63, 3.8) is 0 Å². The molecule has 0 aliphatic heterocycles. The molecule has 2 N–H and O–H groups in total. The van der Waals surface area contributed by atoms with Gasteiger partial charge >= 0.3 is 0 Å². The van der Waals surface area contributed by atoms with Crippen molar-refractivity contribution in [2.75, 3.05) is 13.1 Å². The Labute approximate surface area is 99.0 Å². The second-order valence-electron chi connectivity index (χ2n) is 3.68. The lowest BCUT2D eigenvalue weighted by Gasteiger charge is -2.07. The van der Waals surface area contributed by atoms with Gasteiger partial charge in [-0.05, 0) is 11.4 Å². The number of nitrogens with one attached hydrogen (secondary N) is 2. The first-order chi connectivity index (χ1) is 7.61. The van der Waals surface area contributed by atoms with Gasteiger partial charge in [0, 0.05) is 19.0 Å². The molecule has 88 valence electrons. The van der Waals surface area contributed by atoms with Crippen LogP contribution in [0.3, 0.4) is 0 Å². The van der Waals surface area contributed by atoms with Crippen molar-refractivity contribution in [2.24, 2.45) is 5.92 Å². The van der Waals surface area contributed by atoms with Crippen LogP contribution in [-0.4, -0.2) is 24.9 Å². The number of carbonyl (C=O) groups excluding carboxylic acids is 2. The van der Waals surface area contributed by atoms with E-state index in [0.29, 0.717) is 18.0 Å². The molecule has 0 radical (unpaired) electrons. The molecule has 0 bridgehead atoms. The molecular weight excluding hydrogens is 224 g/mol. The second kappa shape index (κ2) is 6.27. The lowest BCUT2D eigenvalue weighted by atomic mass is 10.2. The summed E-state index contributed by atoms with van der Waals surface area (Å²) >= 11 is 1.40. The molecule has 1 heterocycles. The van der Waals surface area contributed by atoms with Crippen LogP contribution in [0, 0.1) is 5.92 Å². The molecule has 2 amide bonds. The van der Waals surface area contributed by atoms with Crippen molar-refractivity contribution >= 4 is 23.2 Å². The Balaban J connectivity index is 2.17. The first-order valence-corrected chi connectivity index (χ1v) is 6.08. The summed E-state index contributed by atoms with van der Waals surface area (Å²) in [7, 11) is 0. The van der Waals surface area contributed by atoms with Crippen LogP contribution in [0.1, 0.15) is 23.5 Å². The lowest BCUT2D eigenvalue weighted by molar-refractivity contribution is -0.123. The predicted octanol–water partition coefficient (Wildman–Crippen LogP) is 1.25. The van der Waals surface area contributed by atoms with Crippen molar-refractivity contribution in [2.45, 2.75) is 13.8 Å². The van der Waals surface area contributed by atoms with E-state index in [1.165, 1.54) is 11.3 Å². The molecule has 4 nitrogen and oxygen atoms in total. The summed E-state index contributed by atoms with van der Waals surface area (Å²) in [6.45, 7) is 4.59. The van der Waals surface area contributed by atoms with E-state index >= 15 is 0 Å². The molecule has 1 aromatic heterocycles. The monoisotopic (exact) mass is 240 g/mol. The van der Waals surface area contributed by atoms with Crippen LogP contribution >= 0.6 is 11.3 Å². The Kier molecular flexibility index (Phi) is 4.98. The molecule has 1 aromatic rings. The van der Waals surface area contributed by atoms with Gasteiger partial charge in [0.05, 0.1) is 4.88 Å². The third kappa shape index (κ3) is 4.02. The van der Waals surface area contributed by atoms with Crippen molar-refractivity contribution in [1.29, 1.82) is 0 Å². The highest BCUT2D eigenvalue weighted by Gasteiger charge is 2.07. The minimum Gasteiger partial charge on any atom is -0.354 e. The van der Waals surface area contributed by atoms with E-state index in [1.807, 2.05) is 25.3 Å². The van der Waals surface area contributed by atoms with E-state index in [1.54, 1.807) is 6.07 Å². The van der Waals surface area contributed by atoms with Crippen LogP contribution in [0.4, 0.5) is 0 Å². The normalized spacial score (nSPS) is 10.2. The standard InChI is InChI=1S/C11H16N2O2S/c1-8(2)10(14)12-5-6-13-11(15)9-4-3-7-16-9/h3-4,7-8H,5-6H2,1-2H3,(H,12,14)(H,13,15). The van der Waals surface area contributed by atoms with Gasteiger partial charge < -0.3 is 10.6 Å². The lowest BCUT2D eigenvalue weighted by Crippen LogP contribution is -2.36. The highest BCUT2D eigenvalue weighted by molar-refractivity contribution is 7.12. The zero-order valence-corrected chi connectivity index (χ0v) is 10.3. The topological polar surface area (TPSA) is 58.2 Å². The van der Waals surface area contributed by atoms with Crippen molar-refractivity contribution in [3.8, 4) is 0 Å². The summed E-state index contributed by atoms with van der Waals surface area (Å²) in [4.78, 5) is 23.4. The number of rotatable bonds is 5. The fraction of sp³-hybridized carbons (Fsp3) is 0.455. The Morgan fingerprint density at radius 3 is 2.56 bits per heavy atom. The van der Waals surface area contributed by atoms with Gasteiger partial charge in [-0.2, -0.15) is 0 Å². The van der Waals surface area contributed by atoms with Crippen LogP contribution in [0.25, 0.3) is 0 Å². The number of thiophene rings is 1. The summed E-state index contributed by atoms with van der Waals surface area (Å²) in [5, 5.41) is 7.33. The molecule has 1 rings (SSSR count). The summed E-state index contributed by atoms with van der Waals surface area (Å²) in [6.07, 6.45) is 0. The average molecular weight is 240 g/mol. The maximum atomic E-state index is 11.5. The van der Waals surface area contributed by atoms with E-state index in [9.17, 15) is 9.59 Å². The second-order valence-corrected chi connectivity index (χ2v) is 4.63. The molecule has 0 aliphatic rings. The van der Waals surface area contributed by atoms with Crippen molar-refractivity contribution in [3.05, 3.63) is 22.4 Å².